The summed E-state index contributed by atoms with van der Waals surface area (Å²) in [7, 11) is -0.813. The number of sulfonamides is 1. The van der Waals surface area contributed by atoms with E-state index in [0.29, 0.717) is 11.3 Å². The molecular weight excluding hydrogens is 508 g/mol. The monoisotopic (exact) mass is 540 g/mol. The van der Waals surface area contributed by atoms with Gasteiger partial charge in [-0.15, -0.1) is 0 Å². The van der Waals surface area contributed by atoms with Crippen molar-refractivity contribution in [2.24, 2.45) is 5.92 Å². The Bertz CT molecular complexity index is 1370. The SMILES string of the molecule is COc1ccc(S(=O)(=O)N(C)C[C@H]2Oc3ncc(-c4ccncc4)cc3C(=O)N([C@@H](C)CO)C[C@H]2C)cc1. The lowest BCUT2D eigenvalue weighted by Gasteiger charge is -2.37. The maximum absolute atomic E-state index is 13.6. The molecule has 1 N–H and O–H groups in total. The molecule has 3 aromatic rings. The second kappa shape index (κ2) is 11.5. The summed E-state index contributed by atoms with van der Waals surface area (Å²) >= 11 is 0. The number of likely N-dealkylation sites (N-methyl/N-ethyl adjacent to an activating group) is 1. The summed E-state index contributed by atoms with van der Waals surface area (Å²) < 4.78 is 39.2. The molecule has 0 bridgehead atoms. The van der Waals surface area contributed by atoms with Crippen molar-refractivity contribution in [3.05, 3.63) is 66.6 Å². The fraction of sp³-hybridized carbons (Fsp3) is 0.370. The number of aromatic nitrogens is 2. The lowest BCUT2D eigenvalue weighted by Crippen LogP contribution is -2.50. The van der Waals surface area contributed by atoms with Gasteiger partial charge in [0.15, 0.2) is 0 Å². The zero-order valence-corrected chi connectivity index (χ0v) is 22.6. The zero-order valence-electron chi connectivity index (χ0n) is 21.8. The van der Waals surface area contributed by atoms with Crippen molar-refractivity contribution in [3.8, 4) is 22.8 Å². The van der Waals surface area contributed by atoms with E-state index in [0.717, 1.165) is 5.56 Å². The van der Waals surface area contributed by atoms with Gasteiger partial charge in [0.1, 0.15) is 17.4 Å². The predicted octanol–water partition coefficient (Wildman–Crippen LogP) is 2.69. The Morgan fingerprint density at radius 1 is 1.18 bits per heavy atom. The Hall–Kier alpha value is -3.54. The molecule has 1 amide bonds. The number of ether oxygens (including phenoxy) is 2. The third-order valence-corrected chi connectivity index (χ3v) is 8.58. The number of methoxy groups -OCH3 is 1. The normalized spacial score (nSPS) is 18.8. The number of rotatable bonds is 8. The molecule has 0 aliphatic carbocycles. The van der Waals surface area contributed by atoms with Crippen molar-refractivity contribution < 1.29 is 27.8 Å². The maximum Gasteiger partial charge on any atom is 0.259 e. The summed E-state index contributed by atoms with van der Waals surface area (Å²) in [4.78, 5) is 23.8. The van der Waals surface area contributed by atoms with Crippen molar-refractivity contribution in [3.63, 3.8) is 0 Å². The number of benzene rings is 1. The van der Waals surface area contributed by atoms with Crippen LogP contribution in [0.15, 0.2) is 66.0 Å². The average molecular weight is 541 g/mol. The number of aliphatic hydroxyl groups excluding tert-OH is 1. The van der Waals surface area contributed by atoms with Crippen LogP contribution in [0.3, 0.4) is 0 Å². The summed E-state index contributed by atoms with van der Waals surface area (Å²) in [5.41, 5.74) is 1.79. The number of hydrogen-bond acceptors (Lipinski definition) is 8. The van der Waals surface area contributed by atoms with Crippen LogP contribution in [0.25, 0.3) is 11.1 Å². The largest absolute Gasteiger partial charge is 0.497 e. The van der Waals surface area contributed by atoms with Crippen LogP contribution in [0.5, 0.6) is 11.6 Å². The highest BCUT2D eigenvalue weighted by Gasteiger charge is 2.36. The van der Waals surface area contributed by atoms with Crippen molar-refractivity contribution in [2.75, 3.05) is 33.9 Å². The minimum Gasteiger partial charge on any atom is -0.497 e. The second-order valence-electron chi connectivity index (χ2n) is 9.40. The number of carbonyl (C=O) groups is 1. The van der Waals surface area contributed by atoms with Crippen molar-refractivity contribution in [2.45, 2.75) is 30.9 Å². The van der Waals surface area contributed by atoms with Gasteiger partial charge in [-0.2, -0.15) is 4.31 Å². The highest BCUT2D eigenvalue weighted by Crippen LogP contribution is 2.31. The maximum atomic E-state index is 13.6. The van der Waals surface area contributed by atoms with E-state index in [4.69, 9.17) is 9.47 Å². The van der Waals surface area contributed by atoms with Gasteiger partial charge in [0.2, 0.25) is 15.9 Å². The number of fused-ring (bicyclic) bond motifs is 1. The molecular formula is C27H32N4O6S. The summed E-state index contributed by atoms with van der Waals surface area (Å²) in [6.45, 7) is 3.72. The second-order valence-corrected chi connectivity index (χ2v) is 11.4. The first kappa shape index (κ1) is 27.5. The number of amides is 1. The smallest absolute Gasteiger partial charge is 0.259 e. The van der Waals surface area contributed by atoms with E-state index in [1.807, 2.05) is 19.1 Å². The molecule has 2 aromatic heterocycles. The quantitative estimate of drug-likeness (QED) is 0.463. The van der Waals surface area contributed by atoms with Gasteiger partial charge in [-0.3, -0.25) is 9.78 Å². The summed E-state index contributed by atoms with van der Waals surface area (Å²) in [5, 5.41) is 9.87. The molecule has 38 heavy (non-hydrogen) atoms. The highest BCUT2D eigenvalue weighted by molar-refractivity contribution is 7.89. The standard InChI is InChI=1S/C27H32N4O6S/c1-18-15-31(19(2)17-32)27(33)24-13-21(20-9-11-28-12-10-20)14-29-26(24)37-25(18)16-30(3)38(34,35)23-7-5-22(36-4)6-8-23/h5-14,18-19,25,32H,15-17H2,1-4H3/t18-,19+,25-/m1/s1. The van der Waals surface area contributed by atoms with E-state index in [1.165, 1.54) is 30.6 Å². The molecule has 3 atom stereocenters. The molecule has 4 rings (SSSR count). The molecule has 11 heteroatoms. The van der Waals surface area contributed by atoms with Crippen LogP contribution in [0, 0.1) is 5.92 Å². The fourth-order valence-electron chi connectivity index (χ4n) is 4.30. The van der Waals surface area contributed by atoms with Crippen LogP contribution in [0.2, 0.25) is 0 Å². The van der Waals surface area contributed by atoms with Crippen molar-refractivity contribution in [1.29, 1.82) is 0 Å². The molecule has 0 spiro atoms. The van der Waals surface area contributed by atoms with Gasteiger partial charge in [0.25, 0.3) is 5.91 Å². The van der Waals surface area contributed by atoms with E-state index in [-0.39, 0.29) is 47.9 Å². The number of nitrogens with zero attached hydrogens (tertiary/aromatic N) is 4. The molecule has 0 unspecified atom stereocenters. The van der Waals surface area contributed by atoms with Gasteiger partial charge in [0.05, 0.1) is 31.2 Å². The van der Waals surface area contributed by atoms with Gasteiger partial charge < -0.3 is 19.5 Å². The van der Waals surface area contributed by atoms with Crippen LogP contribution in [-0.2, 0) is 10.0 Å². The molecule has 0 fully saturated rings. The number of pyridine rings is 2. The average Bonchev–Trinajstić information content (AvgIpc) is 2.94. The van der Waals surface area contributed by atoms with Gasteiger partial charge >= 0.3 is 0 Å². The van der Waals surface area contributed by atoms with Gasteiger partial charge in [-0.05, 0) is 55.0 Å². The van der Waals surface area contributed by atoms with Gasteiger partial charge in [-0.1, -0.05) is 6.92 Å². The Morgan fingerprint density at radius 3 is 2.50 bits per heavy atom. The summed E-state index contributed by atoms with van der Waals surface area (Å²) in [6.07, 6.45) is 4.30. The molecule has 0 radical (unpaired) electrons. The Balaban J connectivity index is 1.68. The Labute approximate surface area is 222 Å². The third-order valence-electron chi connectivity index (χ3n) is 6.74. The molecule has 3 heterocycles. The highest BCUT2D eigenvalue weighted by atomic mass is 32.2. The van der Waals surface area contributed by atoms with Crippen LogP contribution in [0.1, 0.15) is 24.2 Å². The Morgan fingerprint density at radius 2 is 1.87 bits per heavy atom. The Kier molecular flexibility index (Phi) is 8.29. The van der Waals surface area contributed by atoms with E-state index in [2.05, 4.69) is 9.97 Å². The fourth-order valence-corrected chi connectivity index (χ4v) is 5.48. The van der Waals surface area contributed by atoms with E-state index < -0.39 is 22.2 Å². The molecule has 0 saturated heterocycles. The molecule has 1 aliphatic heterocycles. The van der Waals surface area contributed by atoms with Crippen LogP contribution in [-0.4, -0.2) is 84.6 Å². The van der Waals surface area contributed by atoms with Gasteiger partial charge in [-0.25, -0.2) is 13.4 Å². The minimum absolute atomic E-state index is 0.0261. The van der Waals surface area contributed by atoms with Crippen LogP contribution >= 0.6 is 0 Å². The van der Waals surface area contributed by atoms with Crippen LogP contribution < -0.4 is 9.47 Å². The predicted molar refractivity (Wildman–Crippen MR) is 141 cm³/mol. The lowest BCUT2D eigenvalue weighted by atomic mass is 9.99. The van der Waals surface area contributed by atoms with E-state index in [1.54, 1.807) is 48.6 Å². The number of hydrogen-bond donors (Lipinski definition) is 1. The van der Waals surface area contributed by atoms with Crippen molar-refractivity contribution in [1.82, 2.24) is 19.2 Å². The minimum atomic E-state index is -3.82. The lowest BCUT2D eigenvalue weighted by molar-refractivity contribution is 0.0373. The van der Waals surface area contributed by atoms with Gasteiger partial charge in [0, 0.05) is 43.7 Å². The van der Waals surface area contributed by atoms with E-state index in [9.17, 15) is 18.3 Å². The first-order valence-electron chi connectivity index (χ1n) is 12.2. The zero-order chi connectivity index (χ0) is 27.4. The first-order chi connectivity index (χ1) is 18.1. The third kappa shape index (κ3) is 5.64. The van der Waals surface area contributed by atoms with Crippen LogP contribution in [0.4, 0.5) is 0 Å². The van der Waals surface area contributed by atoms with Crippen molar-refractivity contribution >= 4 is 15.9 Å². The molecule has 0 saturated carbocycles. The first-order valence-corrected chi connectivity index (χ1v) is 13.7. The topological polar surface area (TPSA) is 122 Å². The summed E-state index contributed by atoms with van der Waals surface area (Å²) in [6, 6.07) is 11.1. The van der Waals surface area contributed by atoms with E-state index >= 15 is 0 Å². The molecule has 202 valence electrons. The summed E-state index contributed by atoms with van der Waals surface area (Å²) in [5.74, 6) is 0.0978. The number of aliphatic hydroxyl groups is 1. The molecule has 10 nitrogen and oxygen atoms in total. The number of carbonyl (C=O) groups excluding carboxylic acids is 1. The molecule has 1 aliphatic rings. The molecule has 1 aromatic carbocycles.